The third-order valence-corrected chi connectivity index (χ3v) is 3.13. The van der Waals surface area contributed by atoms with Gasteiger partial charge in [-0.1, -0.05) is 29.3 Å². The fraction of sp³-hybridized carbons (Fsp3) is 0.500. The van der Waals surface area contributed by atoms with Crippen LogP contribution in [0.5, 0.6) is 0 Å². The number of nitrogens with one attached hydrogen (secondary N) is 1. The number of hydrogen-bond donors (Lipinski definition) is 1. The molecule has 0 unspecified atom stereocenters. The van der Waals surface area contributed by atoms with E-state index in [0.29, 0.717) is 9.62 Å². The van der Waals surface area contributed by atoms with Crippen LogP contribution in [-0.2, 0) is 0 Å². The predicted octanol–water partition coefficient (Wildman–Crippen LogP) is 3.85. The van der Waals surface area contributed by atoms with E-state index >= 15 is 0 Å². The van der Waals surface area contributed by atoms with Gasteiger partial charge in [-0.25, -0.2) is 4.98 Å². The molecular weight excluding hydrogens is 251 g/mol. The Kier molecular flexibility index (Phi) is 4.59. The van der Waals surface area contributed by atoms with E-state index in [9.17, 15) is 0 Å². The normalized spacial score (nSPS) is 12.6. The van der Waals surface area contributed by atoms with Crippen LogP contribution in [0.1, 0.15) is 25.6 Å². The highest BCUT2D eigenvalue weighted by Gasteiger charge is 2.06. The van der Waals surface area contributed by atoms with Crippen molar-refractivity contribution in [2.24, 2.45) is 0 Å². The molecule has 0 bridgehead atoms. The first-order valence-electron chi connectivity index (χ1n) is 4.62. The fourth-order valence-corrected chi connectivity index (χ4v) is 2.22. The van der Waals surface area contributed by atoms with Crippen molar-refractivity contribution < 1.29 is 0 Å². The van der Waals surface area contributed by atoms with Crippen LogP contribution in [0, 0.1) is 0 Å². The zero-order chi connectivity index (χ0) is 11.5. The highest BCUT2D eigenvalue weighted by molar-refractivity contribution is 7.17. The van der Waals surface area contributed by atoms with Gasteiger partial charge in [0, 0.05) is 12.1 Å². The third-order valence-electron chi connectivity index (χ3n) is 1.60. The summed E-state index contributed by atoms with van der Waals surface area (Å²) in [5.74, 6) is 0. The van der Waals surface area contributed by atoms with Gasteiger partial charge in [0.2, 0.25) is 0 Å². The second-order valence-corrected chi connectivity index (χ2v) is 6.13. The predicted molar refractivity (Wildman–Crippen MR) is 68.9 cm³/mol. The number of aromatic nitrogens is 1. The molecule has 0 saturated carbocycles. The Morgan fingerprint density at radius 1 is 1.40 bits per heavy atom. The number of nitrogens with zero attached hydrogens (tertiary/aromatic N) is 1. The largest absolute Gasteiger partial charge is 0.309 e. The van der Waals surface area contributed by atoms with Gasteiger partial charge < -0.3 is 5.32 Å². The van der Waals surface area contributed by atoms with Gasteiger partial charge in [0.1, 0.15) is 5.15 Å². The van der Waals surface area contributed by atoms with Crippen LogP contribution in [0.2, 0.25) is 9.62 Å². The van der Waals surface area contributed by atoms with Gasteiger partial charge in [0.15, 0.2) is 4.47 Å². The molecule has 0 fully saturated rings. The lowest BCUT2D eigenvalue weighted by Gasteiger charge is -2.18. The van der Waals surface area contributed by atoms with Crippen LogP contribution in [0.15, 0.2) is 6.08 Å². The summed E-state index contributed by atoms with van der Waals surface area (Å²) in [7, 11) is 0. The maximum absolute atomic E-state index is 5.86. The standard InChI is InChI=1S/C10H14Cl2N2S/c1-10(2,3)13-6-4-5-7-8(11)14-9(12)15-7/h4-5,13H,6H2,1-3H3. The van der Waals surface area contributed by atoms with E-state index in [1.54, 1.807) is 0 Å². The summed E-state index contributed by atoms with van der Waals surface area (Å²) in [4.78, 5) is 4.82. The van der Waals surface area contributed by atoms with E-state index in [2.05, 4.69) is 31.1 Å². The first kappa shape index (κ1) is 13.0. The average Bonchev–Trinajstić information content (AvgIpc) is 2.37. The Labute approximate surface area is 104 Å². The molecule has 15 heavy (non-hydrogen) atoms. The van der Waals surface area contributed by atoms with Crippen LogP contribution in [0.4, 0.5) is 0 Å². The van der Waals surface area contributed by atoms with Crippen molar-refractivity contribution in [2.45, 2.75) is 26.3 Å². The van der Waals surface area contributed by atoms with Crippen LogP contribution < -0.4 is 5.32 Å². The molecule has 1 heterocycles. The lowest BCUT2D eigenvalue weighted by atomic mass is 10.1. The average molecular weight is 265 g/mol. The van der Waals surface area contributed by atoms with Gasteiger partial charge in [-0.15, -0.1) is 11.3 Å². The van der Waals surface area contributed by atoms with Gasteiger partial charge in [-0.3, -0.25) is 0 Å². The van der Waals surface area contributed by atoms with Gasteiger partial charge in [-0.2, -0.15) is 0 Å². The second-order valence-electron chi connectivity index (χ2n) is 4.16. The minimum absolute atomic E-state index is 0.124. The summed E-state index contributed by atoms with van der Waals surface area (Å²) in [6, 6.07) is 0. The van der Waals surface area contributed by atoms with E-state index in [0.717, 1.165) is 11.4 Å². The first-order valence-corrected chi connectivity index (χ1v) is 6.19. The van der Waals surface area contributed by atoms with Crippen LogP contribution in [-0.4, -0.2) is 17.1 Å². The van der Waals surface area contributed by atoms with Crippen LogP contribution in [0.25, 0.3) is 6.08 Å². The second kappa shape index (κ2) is 5.30. The highest BCUT2D eigenvalue weighted by Crippen LogP contribution is 2.27. The Morgan fingerprint density at radius 2 is 2.07 bits per heavy atom. The molecule has 0 aliphatic carbocycles. The van der Waals surface area contributed by atoms with Crippen LogP contribution in [0.3, 0.4) is 0 Å². The topological polar surface area (TPSA) is 24.9 Å². The number of halogens is 2. The molecule has 1 aromatic heterocycles. The first-order chi connectivity index (χ1) is 6.88. The van der Waals surface area contributed by atoms with E-state index in [1.165, 1.54) is 11.3 Å². The molecule has 0 aliphatic rings. The number of rotatable bonds is 3. The zero-order valence-electron chi connectivity index (χ0n) is 8.97. The molecule has 0 aliphatic heterocycles. The van der Waals surface area contributed by atoms with Crippen molar-refractivity contribution >= 4 is 40.6 Å². The summed E-state index contributed by atoms with van der Waals surface area (Å²) in [5.41, 5.74) is 0.124. The third kappa shape index (κ3) is 4.98. The van der Waals surface area contributed by atoms with Crippen molar-refractivity contribution in [3.05, 3.63) is 20.6 Å². The smallest absolute Gasteiger partial charge is 0.185 e. The molecule has 0 atom stereocenters. The quantitative estimate of drug-likeness (QED) is 0.897. The van der Waals surface area contributed by atoms with Crippen molar-refractivity contribution in [2.75, 3.05) is 6.54 Å². The van der Waals surface area contributed by atoms with E-state index < -0.39 is 0 Å². The maximum Gasteiger partial charge on any atom is 0.185 e. The van der Waals surface area contributed by atoms with E-state index in [1.807, 2.05) is 12.2 Å². The number of thiazole rings is 1. The molecule has 84 valence electrons. The summed E-state index contributed by atoms with van der Waals surface area (Å²) in [6.07, 6.45) is 3.95. The molecule has 5 heteroatoms. The van der Waals surface area contributed by atoms with Gasteiger partial charge in [0.05, 0.1) is 4.88 Å². The van der Waals surface area contributed by atoms with Crippen molar-refractivity contribution in [1.29, 1.82) is 0 Å². The van der Waals surface area contributed by atoms with Crippen molar-refractivity contribution in [3.63, 3.8) is 0 Å². The monoisotopic (exact) mass is 264 g/mol. The molecule has 0 aromatic carbocycles. The summed E-state index contributed by atoms with van der Waals surface area (Å²) in [6.45, 7) is 7.17. The lowest BCUT2D eigenvalue weighted by molar-refractivity contribution is 0.450. The highest BCUT2D eigenvalue weighted by atomic mass is 35.5. The zero-order valence-corrected chi connectivity index (χ0v) is 11.3. The SMILES string of the molecule is CC(C)(C)NCC=Cc1sc(Cl)nc1Cl. The van der Waals surface area contributed by atoms with Gasteiger partial charge in [0.25, 0.3) is 0 Å². The molecule has 0 spiro atoms. The molecule has 2 nitrogen and oxygen atoms in total. The number of hydrogen-bond acceptors (Lipinski definition) is 3. The Hall–Kier alpha value is -0.0900. The van der Waals surface area contributed by atoms with Crippen molar-refractivity contribution in [3.8, 4) is 0 Å². The Bertz CT molecular complexity index is 353. The molecule has 0 radical (unpaired) electrons. The molecule has 0 saturated heterocycles. The molecule has 1 aromatic rings. The summed E-state index contributed by atoms with van der Waals surface area (Å²) >= 11 is 13.0. The lowest BCUT2D eigenvalue weighted by Crippen LogP contribution is -2.35. The van der Waals surface area contributed by atoms with Crippen LogP contribution >= 0.6 is 34.5 Å². The van der Waals surface area contributed by atoms with Gasteiger partial charge >= 0.3 is 0 Å². The van der Waals surface area contributed by atoms with Crippen molar-refractivity contribution in [1.82, 2.24) is 10.3 Å². The maximum atomic E-state index is 5.86. The fourth-order valence-electron chi connectivity index (χ4n) is 0.922. The van der Waals surface area contributed by atoms with Gasteiger partial charge in [-0.05, 0) is 26.8 Å². The molecular formula is C10H14Cl2N2S. The Morgan fingerprint density at radius 3 is 2.53 bits per heavy atom. The summed E-state index contributed by atoms with van der Waals surface area (Å²) < 4.78 is 0.475. The molecule has 1 N–H and O–H groups in total. The molecule has 1 rings (SSSR count). The minimum Gasteiger partial charge on any atom is -0.309 e. The van der Waals surface area contributed by atoms with E-state index in [-0.39, 0.29) is 5.54 Å². The Balaban J connectivity index is 2.48. The molecule has 0 amide bonds. The van der Waals surface area contributed by atoms with E-state index in [4.69, 9.17) is 23.2 Å². The minimum atomic E-state index is 0.124. The summed E-state index contributed by atoms with van der Waals surface area (Å²) in [5, 5.41) is 3.81.